The molecule has 1 saturated heterocycles. The summed E-state index contributed by atoms with van der Waals surface area (Å²) in [4.78, 5) is 46.9. The van der Waals surface area contributed by atoms with Crippen LogP contribution in [-0.4, -0.2) is 33.6 Å². The van der Waals surface area contributed by atoms with E-state index in [0.29, 0.717) is 11.6 Å². The van der Waals surface area contributed by atoms with E-state index in [1.807, 2.05) is 36.4 Å². The fraction of sp³-hybridized carbons (Fsp3) is 0.462. The van der Waals surface area contributed by atoms with Crippen LogP contribution in [0.2, 0.25) is 0 Å². The highest BCUT2D eigenvalue weighted by Gasteiger charge is 2.45. The van der Waals surface area contributed by atoms with E-state index in [9.17, 15) is 14.4 Å². The van der Waals surface area contributed by atoms with Crippen molar-refractivity contribution in [2.45, 2.75) is 70.9 Å². The number of rotatable bonds is 6. The predicted octanol–water partition coefficient (Wildman–Crippen LogP) is 4.45. The van der Waals surface area contributed by atoms with Gasteiger partial charge in [0.25, 0.3) is 5.91 Å². The molecule has 0 bridgehead atoms. The molecule has 6 heteroatoms. The van der Waals surface area contributed by atoms with Crippen LogP contribution in [0, 0.1) is 5.92 Å². The molecule has 1 atom stereocenters. The SMILES string of the molecule is CC(C)c1ccc(N2C(=O)CC(N(Cc3cccnc3)C(=O)C3CCCCC3)C2=O)cc1. The lowest BCUT2D eigenvalue weighted by molar-refractivity contribution is -0.143. The number of carbonyl (C=O) groups is 3. The Balaban J connectivity index is 1.60. The van der Waals surface area contributed by atoms with Crippen molar-refractivity contribution in [2.24, 2.45) is 5.92 Å². The van der Waals surface area contributed by atoms with Crippen molar-refractivity contribution in [2.75, 3.05) is 4.90 Å². The Morgan fingerprint density at radius 2 is 1.81 bits per heavy atom. The fourth-order valence-electron chi connectivity index (χ4n) is 4.75. The van der Waals surface area contributed by atoms with Crippen LogP contribution in [0.5, 0.6) is 0 Å². The third kappa shape index (κ3) is 4.59. The number of carbonyl (C=O) groups excluding carboxylic acids is 3. The third-order valence-corrected chi connectivity index (χ3v) is 6.63. The van der Waals surface area contributed by atoms with Gasteiger partial charge in [0.1, 0.15) is 6.04 Å². The number of pyridine rings is 1. The fourth-order valence-corrected chi connectivity index (χ4v) is 4.75. The van der Waals surface area contributed by atoms with Crippen LogP contribution >= 0.6 is 0 Å². The van der Waals surface area contributed by atoms with Crippen LogP contribution in [0.15, 0.2) is 48.8 Å². The molecule has 1 aliphatic heterocycles. The normalized spacial score (nSPS) is 19.6. The molecule has 2 aliphatic rings. The first kappa shape index (κ1) is 22.2. The number of hydrogen-bond acceptors (Lipinski definition) is 4. The van der Waals surface area contributed by atoms with Crippen LogP contribution < -0.4 is 4.90 Å². The maximum absolute atomic E-state index is 13.5. The minimum absolute atomic E-state index is 0.0169. The van der Waals surface area contributed by atoms with E-state index >= 15 is 0 Å². The van der Waals surface area contributed by atoms with Gasteiger partial charge in [-0.3, -0.25) is 19.4 Å². The quantitative estimate of drug-likeness (QED) is 0.631. The van der Waals surface area contributed by atoms with Crippen molar-refractivity contribution in [3.63, 3.8) is 0 Å². The lowest BCUT2D eigenvalue weighted by Crippen LogP contribution is -2.47. The molecule has 2 fully saturated rings. The van der Waals surface area contributed by atoms with Crippen LogP contribution in [0.25, 0.3) is 0 Å². The molecule has 1 unspecified atom stereocenters. The molecule has 32 heavy (non-hydrogen) atoms. The molecule has 0 N–H and O–H groups in total. The van der Waals surface area contributed by atoms with Crippen molar-refractivity contribution in [1.82, 2.24) is 9.88 Å². The molecule has 3 amide bonds. The summed E-state index contributed by atoms with van der Waals surface area (Å²) in [6.07, 6.45) is 8.31. The third-order valence-electron chi connectivity index (χ3n) is 6.63. The number of nitrogens with zero attached hydrogens (tertiary/aromatic N) is 3. The van der Waals surface area contributed by atoms with E-state index in [1.54, 1.807) is 17.3 Å². The Labute approximate surface area is 189 Å². The van der Waals surface area contributed by atoms with Crippen molar-refractivity contribution < 1.29 is 14.4 Å². The highest BCUT2D eigenvalue weighted by molar-refractivity contribution is 6.23. The predicted molar refractivity (Wildman–Crippen MR) is 123 cm³/mol. The molecular formula is C26H31N3O3. The molecule has 1 saturated carbocycles. The van der Waals surface area contributed by atoms with Gasteiger partial charge in [0.2, 0.25) is 11.8 Å². The average molecular weight is 434 g/mol. The molecule has 4 rings (SSSR count). The second-order valence-corrected chi connectivity index (χ2v) is 9.20. The molecule has 168 valence electrons. The zero-order valence-corrected chi connectivity index (χ0v) is 18.9. The van der Waals surface area contributed by atoms with Gasteiger partial charge in [-0.25, -0.2) is 4.90 Å². The van der Waals surface area contributed by atoms with E-state index in [1.165, 1.54) is 4.90 Å². The van der Waals surface area contributed by atoms with Crippen molar-refractivity contribution in [3.05, 3.63) is 59.9 Å². The minimum atomic E-state index is -0.776. The number of anilines is 1. The number of hydrogen-bond donors (Lipinski definition) is 0. The van der Waals surface area contributed by atoms with E-state index < -0.39 is 6.04 Å². The Morgan fingerprint density at radius 3 is 2.44 bits per heavy atom. The molecule has 0 radical (unpaired) electrons. The van der Waals surface area contributed by atoms with Gasteiger partial charge in [-0.2, -0.15) is 0 Å². The van der Waals surface area contributed by atoms with E-state index in [4.69, 9.17) is 0 Å². The Morgan fingerprint density at radius 1 is 1.09 bits per heavy atom. The summed E-state index contributed by atoms with van der Waals surface area (Å²) in [6.45, 7) is 4.49. The van der Waals surface area contributed by atoms with Crippen molar-refractivity contribution in [3.8, 4) is 0 Å². The maximum atomic E-state index is 13.5. The van der Waals surface area contributed by atoms with E-state index in [2.05, 4.69) is 18.8 Å². The van der Waals surface area contributed by atoms with Gasteiger partial charge in [-0.05, 0) is 48.1 Å². The van der Waals surface area contributed by atoms with Gasteiger partial charge in [0.05, 0.1) is 12.1 Å². The Bertz CT molecular complexity index is 966. The van der Waals surface area contributed by atoms with Gasteiger partial charge in [-0.15, -0.1) is 0 Å². The van der Waals surface area contributed by atoms with Crippen LogP contribution in [0.4, 0.5) is 5.69 Å². The van der Waals surface area contributed by atoms with E-state index in [0.717, 1.165) is 43.2 Å². The molecule has 6 nitrogen and oxygen atoms in total. The number of imide groups is 1. The lowest BCUT2D eigenvalue weighted by Gasteiger charge is -2.32. The van der Waals surface area contributed by atoms with Gasteiger partial charge in [0.15, 0.2) is 0 Å². The number of amides is 3. The lowest BCUT2D eigenvalue weighted by atomic mass is 9.87. The standard InChI is InChI=1S/C26H31N3O3/c1-18(2)20-10-12-22(13-11-20)29-24(30)15-23(26(29)32)28(17-19-7-6-14-27-16-19)25(31)21-8-4-3-5-9-21/h6-7,10-14,16,18,21,23H,3-5,8-9,15,17H2,1-2H3. The molecule has 1 aliphatic carbocycles. The number of benzene rings is 1. The van der Waals surface area contributed by atoms with Crippen LogP contribution in [-0.2, 0) is 20.9 Å². The summed E-state index contributed by atoms with van der Waals surface area (Å²) in [5.41, 5.74) is 2.57. The first-order valence-corrected chi connectivity index (χ1v) is 11.6. The minimum Gasteiger partial charge on any atom is -0.325 e. The second-order valence-electron chi connectivity index (χ2n) is 9.20. The smallest absolute Gasteiger partial charge is 0.257 e. The van der Waals surface area contributed by atoms with Gasteiger partial charge in [-0.1, -0.05) is 51.3 Å². The zero-order valence-electron chi connectivity index (χ0n) is 18.9. The van der Waals surface area contributed by atoms with Gasteiger partial charge < -0.3 is 4.90 Å². The first-order chi connectivity index (χ1) is 15.5. The monoisotopic (exact) mass is 433 g/mol. The summed E-state index contributed by atoms with van der Waals surface area (Å²) in [6, 6.07) is 10.5. The highest BCUT2D eigenvalue weighted by Crippen LogP contribution is 2.31. The summed E-state index contributed by atoms with van der Waals surface area (Å²) >= 11 is 0. The van der Waals surface area contributed by atoms with Gasteiger partial charge >= 0.3 is 0 Å². The Hall–Kier alpha value is -3.02. The molecule has 1 aromatic heterocycles. The number of aromatic nitrogens is 1. The average Bonchev–Trinajstić information content (AvgIpc) is 3.11. The van der Waals surface area contributed by atoms with E-state index in [-0.39, 0.29) is 36.6 Å². The molecule has 0 spiro atoms. The summed E-state index contributed by atoms with van der Waals surface area (Å²) < 4.78 is 0. The second kappa shape index (κ2) is 9.63. The Kier molecular flexibility index (Phi) is 6.68. The van der Waals surface area contributed by atoms with Crippen molar-refractivity contribution in [1.29, 1.82) is 0 Å². The summed E-state index contributed by atoms with van der Waals surface area (Å²) in [5, 5.41) is 0. The topological polar surface area (TPSA) is 70.6 Å². The molecule has 2 heterocycles. The zero-order chi connectivity index (χ0) is 22.7. The largest absolute Gasteiger partial charge is 0.325 e. The molecule has 2 aromatic rings. The van der Waals surface area contributed by atoms with Crippen LogP contribution in [0.3, 0.4) is 0 Å². The van der Waals surface area contributed by atoms with Gasteiger partial charge in [0, 0.05) is 24.9 Å². The van der Waals surface area contributed by atoms with Crippen LogP contribution in [0.1, 0.15) is 69.4 Å². The summed E-state index contributed by atoms with van der Waals surface area (Å²) in [5.74, 6) is -0.311. The van der Waals surface area contributed by atoms with Crippen molar-refractivity contribution >= 4 is 23.4 Å². The molecule has 1 aromatic carbocycles. The summed E-state index contributed by atoms with van der Waals surface area (Å²) in [7, 11) is 0. The maximum Gasteiger partial charge on any atom is 0.257 e. The highest BCUT2D eigenvalue weighted by atomic mass is 16.2. The first-order valence-electron chi connectivity index (χ1n) is 11.6. The molecular weight excluding hydrogens is 402 g/mol.